The lowest BCUT2D eigenvalue weighted by molar-refractivity contribution is -0.160. The molecule has 212 valence electrons. The molecular weight excluding hydrogens is 504 g/mol. The van der Waals surface area contributed by atoms with E-state index in [4.69, 9.17) is 9.47 Å². The largest absolute Gasteiger partial charge is 0.479 e. The normalized spacial score (nSPS) is 13.7. The first-order valence-electron chi connectivity index (χ1n) is 13.7. The van der Waals surface area contributed by atoms with E-state index in [-0.39, 0.29) is 6.03 Å². The van der Waals surface area contributed by atoms with Crippen molar-refractivity contribution in [1.29, 1.82) is 0 Å². The van der Waals surface area contributed by atoms with Crippen LogP contribution < -0.4 is 5.32 Å². The summed E-state index contributed by atoms with van der Waals surface area (Å²) < 4.78 is 11.9. The number of carbonyl (C=O) groups is 2. The van der Waals surface area contributed by atoms with E-state index in [2.05, 4.69) is 5.32 Å². The number of nitrogens with zero attached hydrogens (tertiary/aromatic N) is 1. The SMILES string of the molecule is Cc1ccc(-c2c(C)c3c(c(C)c2C(OC(C)(C)C)C(=O)O)CN(C(=O)NCCOCc2ccccc2)C3)cc1. The maximum Gasteiger partial charge on any atom is 0.337 e. The molecule has 2 amide bonds. The van der Waals surface area contributed by atoms with Crippen molar-refractivity contribution in [1.82, 2.24) is 10.2 Å². The third kappa shape index (κ3) is 6.72. The lowest BCUT2D eigenvalue weighted by atomic mass is 9.83. The molecule has 0 fully saturated rings. The molecule has 4 rings (SSSR count). The Kier molecular flexibility index (Phi) is 8.96. The van der Waals surface area contributed by atoms with Crippen molar-refractivity contribution >= 4 is 12.0 Å². The number of carboxylic acids is 1. The molecule has 1 atom stereocenters. The number of carbonyl (C=O) groups excluding carboxylic acids is 1. The Hall–Kier alpha value is -3.68. The summed E-state index contributed by atoms with van der Waals surface area (Å²) in [6.45, 7) is 13.7. The summed E-state index contributed by atoms with van der Waals surface area (Å²) in [5.74, 6) is -1.03. The minimum Gasteiger partial charge on any atom is -0.479 e. The van der Waals surface area contributed by atoms with Gasteiger partial charge in [0.05, 0.1) is 18.8 Å². The van der Waals surface area contributed by atoms with Crippen LogP contribution in [0.25, 0.3) is 11.1 Å². The Bertz CT molecular complexity index is 1360. The number of aliphatic carboxylic acids is 1. The number of amides is 2. The zero-order valence-corrected chi connectivity index (χ0v) is 24.3. The number of carboxylic acid groups (broad SMARTS) is 1. The van der Waals surface area contributed by atoms with Gasteiger partial charge in [-0.2, -0.15) is 0 Å². The van der Waals surface area contributed by atoms with Gasteiger partial charge in [-0.3, -0.25) is 0 Å². The Balaban J connectivity index is 1.59. The van der Waals surface area contributed by atoms with Crippen LogP contribution in [0.1, 0.15) is 65.8 Å². The number of ether oxygens (including phenoxy) is 2. The Morgan fingerprint density at radius 1 is 0.950 bits per heavy atom. The molecule has 3 aromatic rings. The van der Waals surface area contributed by atoms with Gasteiger partial charge in [-0.15, -0.1) is 0 Å². The van der Waals surface area contributed by atoms with Crippen LogP contribution >= 0.6 is 0 Å². The van der Waals surface area contributed by atoms with Crippen molar-refractivity contribution < 1.29 is 24.2 Å². The fraction of sp³-hybridized carbons (Fsp3) is 0.394. The van der Waals surface area contributed by atoms with Gasteiger partial charge in [0.2, 0.25) is 0 Å². The summed E-state index contributed by atoms with van der Waals surface area (Å²) in [6.07, 6.45) is -1.15. The van der Waals surface area contributed by atoms with Crippen LogP contribution in [-0.4, -0.2) is 40.8 Å². The summed E-state index contributed by atoms with van der Waals surface area (Å²) >= 11 is 0. The fourth-order valence-electron chi connectivity index (χ4n) is 5.28. The summed E-state index contributed by atoms with van der Waals surface area (Å²) in [6, 6.07) is 17.9. The van der Waals surface area contributed by atoms with Gasteiger partial charge in [0.15, 0.2) is 6.10 Å². The van der Waals surface area contributed by atoms with E-state index in [1.807, 2.05) is 96.1 Å². The highest BCUT2D eigenvalue weighted by atomic mass is 16.5. The van der Waals surface area contributed by atoms with Gasteiger partial charge >= 0.3 is 12.0 Å². The first-order chi connectivity index (χ1) is 19.0. The molecule has 3 aromatic carbocycles. The molecule has 7 heteroatoms. The molecule has 1 aliphatic heterocycles. The topological polar surface area (TPSA) is 88.1 Å². The standard InChI is InChI=1S/C33H40N2O5/c1-21-12-14-25(15-13-21)28-22(2)26-18-35(32(38)34-16-17-39-20-24-10-8-7-9-11-24)19-27(26)23(3)29(28)30(31(36)37)40-33(4,5)6/h7-15,30H,16-20H2,1-6H3,(H,34,38)(H,36,37). The second kappa shape index (κ2) is 12.2. The first kappa shape index (κ1) is 29.3. The van der Waals surface area contributed by atoms with E-state index in [9.17, 15) is 14.7 Å². The van der Waals surface area contributed by atoms with E-state index in [1.165, 1.54) is 0 Å². The van der Waals surface area contributed by atoms with Crippen molar-refractivity contribution in [3.63, 3.8) is 0 Å². The number of hydrogen-bond donors (Lipinski definition) is 2. The van der Waals surface area contributed by atoms with E-state index in [0.29, 0.717) is 38.4 Å². The minimum atomic E-state index is -1.15. The lowest BCUT2D eigenvalue weighted by Gasteiger charge is -2.29. The highest BCUT2D eigenvalue weighted by Crippen LogP contribution is 2.43. The molecule has 0 saturated heterocycles. The zero-order valence-electron chi connectivity index (χ0n) is 24.3. The van der Waals surface area contributed by atoms with Crippen LogP contribution in [-0.2, 0) is 34.0 Å². The Morgan fingerprint density at radius 3 is 2.17 bits per heavy atom. The maximum atomic E-state index is 13.1. The van der Waals surface area contributed by atoms with Crippen molar-refractivity contribution in [2.45, 2.75) is 72.9 Å². The van der Waals surface area contributed by atoms with Crippen LogP contribution in [0, 0.1) is 20.8 Å². The van der Waals surface area contributed by atoms with Crippen molar-refractivity contribution in [3.8, 4) is 11.1 Å². The number of rotatable bonds is 9. The van der Waals surface area contributed by atoms with E-state index >= 15 is 0 Å². The van der Waals surface area contributed by atoms with Crippen LogP contribution in [0.5, 0.6) is 0 Å². The van der Waals surface area contributed by atoms with E-state index < -0.39 is 17.7 Å². The predicted octanol–water partition coefficient (Wildman–Crippen LogP) is 6.46. The van der Waals surface area contributed by atoms with Crippen LogP contribution in [0.3, 0.4) is 0 Å². The van der Waals surface area contributed by atoms with Crippen LogP contribution in [0.2, 0.25) is 0 Å². The molecule has 1 heterocycles. The highest BCUT2D eigenvalue weighted by molar-refractivity contribution is 5.85. The van der Waals surface area contributed by atoms with Gasteiger partial charge in [0.1, 0.15) is 0 Å². The molecule has 1 aliphatic rings. The molecule has 0 saturated carbocycles. The molecule has 1 unspecified atom stereocenters. The summed E-state index contributed by atoms with van der Waals surface area (Å²) in [7, 11) is 0. The molecular formula is C33H40N2O5. The smallest absolute Gasteiger partial charge is 0.337 e. The molecule has 0 bridgehead atoms. The number of hydrogen-bond acceptors (Lipinski definition) is 4. The quantitative estimate of drug-likeness (QED) is 0.302. The Labute approximate surface area is 237 Å². The van der Waals surface area contributed by atoms with Gasteiger partial charge in [-0.1, -0.05) is 60.2 Å². The summed E-state index contributed by atoms with van der Waals surface area (Å²) in [5, 5.41) is 13.3. The predicted molar refractivity (Wildman–Crippen MR) is 156 cm³/mol. The van der Waals surface area contributed by atoms with Gasteiger partial charge in [0.25, 0.3) is 0 Å². The molecule has 0 aliphatic carbocycles. The van der Waals surface area contributed by atoms with E-state index in [1.54, 1.807) is 4.90 Å². The van der Waals surface area contributed by atoms with Gasteiger partial charge in [-0.25, -0.2) is 9.59 Å². The molecule has 0 aromatic heterocycles. The average molecular weight is 545 g/mol. The fourth-order valence-corrected chi connectivity index (χ4v) is 5.28. The molecule has 7 nitrogen and oxygen atoms in total. The second-order valence-corrected chi connectivity index (χ2v) is 11.4. The summed E-state index contributed by atoms with van der Waals surface area (Å²) in [5.41, 5.74) is 7.88. The number of benzene rings is 3. The molecule has 0 spiro atoms. The van der Waals surface area contributed by atoms with Crippen molar-refractivity contribution in [3.05, 3.63) is 93.5 Å². The van der Waals surface area contributed by atoms with Gasteiger partial charge in [-0.05, 0) is 80.5 Å². The molecule has 0 radical (unpaired) electrons. The van der Waals surface area contributed by atoms with E-state index in [0.717, 1.165) is 44.5 Å². The number of nitrogens with one attached hydrogen (secondary N) is 1. The number of fused-ring (bicyclic) bond motifs is 1. The monoisotopic (exact) mass is 544 g/mol. The lowest BCUT2D eigenvalue weighted by Crippen LogP contribution is -2.38. The molecule has 2 N–H and O–H groups in total. The van der Waals surface area contributed by atoms with Crippen LogP contribution in [0.4, 0.5) is 4.79 Å². The first-order valence-corrected chi connectivity index (χ1v) is 13.7. The van der Waals surface area contributed by atoms with Crippen molar-refractivity contribution in [2.75, 3.05) is 13.2 Å². The van der Waals surface area contributed by atoms with Gasteiger partial charge in [0, 0.05) is 25.2 Å². The van der Waals surface area contributed by atoms with Crippen molar-refractivity contribution in [2.24, 2.45) is 0 Å². The minimum absolute atomic E-state index is 0.169. The van der Waals surface area contributed by atoms with Crippen LogP contribution in [0.15, 0.2) is 54.6 Å². The highest BCUT2D eigenvalue weighted by Gasteiger charge is 2.36. The zero-order chi connectivity index (χ0) is 29.0. The second-order valence-electron chi connectivity index (χ2n) is 11.4. The Morgan fingerprint density at radius 2 is 1.57 bits per heavy atom. The average Bonchev–Trinajstić information content (AvgIpc) is 3.36. The third-order valence-electron chi connectivity index (χ3n) is 7.24. The summed E-state index contributed by atoms with van der Waals surface area (Å²) in [4.78, 5) is 27.5. The third-order valence-corrected chi connectivity index (χ3v) is 7.24. The number of urea groups is 1. The van der Waals surface area contributed by atoms with Gasteiger partial charge < -0.3 is 24.8 Å². The number of aryl methyl sites for hydroxylation is 1. The molecule has 40 heavy (non-hydrogen) atoms. The maximum absolute atomic E-state index is 13.1.